The van der Waals surface area contributed by atoms with Gasteiger partial charge in [0.1, 0.15) is 0 Å². The fourth-order valence-electron chi connectivity index (χ4n) is 2.79. The van der Waals surface area contributed by atoms with E-state index in [-0.39, 0.29) is 17.6 Å². The van der Waals surface area contributed by atoms with Gasteiger partial charge in [0, 0.05) is 13.0 Å². The number of rotatable bonds is 8. The first-order chi connectivity index (χ1) is 9.01. The predicted octanol–water partition coefficient (Wildman–Crippen LogP) is 2.22. The molecule has 4 nitrogen and oxygen atoms in total. The Morgan fingerprint density at radius 1 is 1.47 bits per heavy atom. The van der Waals surface area contributed by atoms with Gasteiger partial charge in [-0.1, -0.05) is 19.8 Å². The van der Waals surface area contributed by atoms with Crippen molar-refractivity contribution in [3.63, 3.8) is 0 Å². The largest absolute Gasteiger partial charge is 0.376 e. The summed E-state index contributed by atoms with van der Waals surface area (Å²) in [5.74, 6) is 0.740. The fourth-order valence-corrected chi connectivity index (χ4v) is 2.79. The lowest BCUT2D eigenvalue weighted by atomic mass is 9.92. The van der Waals surface area contributed by atoms with Crippen molar-refractivity contribution in [1.82, 2.24) is 5.32 Å². The molecule has 1 aliphatic heterocycles. The van der Waals surface area contributed by atoms with E-state index in [0.29, 0.717) is 12.3 Å². The second kappa shape index (κ2) is 7.85. The minimum Gasteiger partial charge on any atom is -0.376 e. The Bertz CT molecular complexity index is 277. The monoisotopic (exact) mass is 270 g/mol. The Hall–Kier alpha value is -0.610. The Morgan fingerprint density at radius 3 is 2.74 bits per heavy atom. The topological polar surface area (TPSA) is 64.4 Å². The number of hydrogen-bond donors (Lipinski definition) is 2. The third-order valence-corrected chi connectivity index (χ3v) is 4.36. The van der Waals surface area contributed by atoms with Gasteiger partial charge < -0.3 is 15.8 Å². The van der Waals surface area contributed by atoms with Crippen LogP contribution in [0.5, 0.6) is 0 Å². The normalized spacial score (nSPS) is 28.3. The summed E-state index contributed by atoms with van der Waals surface area (Å²) in [6.07, 6.45) is 5.91. The summed E-state index contributed by atoms with van der Waals surface area (Å²) in [6.45, 7) is 7.74. The Kier molecular flexibility index (Phi) is 6.80. The van der Waals surface area contributed by atoms with E-state index in [0.717, 1.165) is 38.8 Å². The standard InChI is InChI=1S/C15H30N2O2/c1-4-5-13(8-10-16)6-7-14(18)17-15(3)9-11-19-12(15)2/h12-13H,4-11,16H2,1-3H3,(H,17,18). The summed E-state index contributed by atoms with van der Waals surface area (Å²) in [5, 5.41) is 3.15. The lowest BCUT2D eigenvalue weighted by molar-refractivity contribution is -0.123. The molecule has 0 aromatic rings. The first kappa shape index (κ1) is 16.4. The number of hydrogen-bond acceptors (Lipinski definition) is 3. The van der Waals surface area contributed by atoms with E-state index >= 15 is 0 Å². The number of carbonyl (C=O) groups excluding carboxylic acids is 1. The molecule has 1 fully saturated rings. The highest BCUT2D eigenvalue weighted by Crippen LogP contribution is 2.25. The van der Waals surface area contributed by atoms with Gasteiger partial charge in [0.15, 0.2) is 0 Å². The van der Waals surface area contributed by atoms with Gasteiger partial charge in [0.25, 0.3) is 0 Å². The maximum atomic E-state index is 12.1. The minimum atomic E-state index is -0.189. The maximum Gasteiger partial charge on any atom is 0.220 e. The smallest absolute Gasteiger partial charge is 0.220 e. The van der Waals surface area contributed by atoms with Crippen molar-refractivity contribution >= 4 is 5.91 Å². The molecule has 0 bridgehead atoms. The number of nitrogens with one attached hydrogen (secondary N) is 1. The Labute approximate surface area is 117 Å². The van der Waals surface area contributed by atoms with E-state index in [1.54, 1.807) is 0 Å². The quantitative estimate of drug-likeness (QED) is 0.711. The van der Waals surface area contributed by atoms with E-state index in [1.165, 1.54) is 6.42 Å². The molecule has 0 spiro atoms. The average molecular weight is 270 g/mol. The Morgan fingerprint density at radius 2 is 2.21 bits per heavy atom. The SMILES string of the molecule is CCCC(CCN)CCC(=O)NC1(C)CCOC1C. The highest BCUT2D eigenvalue weighted by molar-refractivity contribution is 5.76. The van der Waals surface area contributed by atoms with Crippen molar-refractivity contribution in [3.8, 4) is 0 Å². The zero-order chi connectivity index (χ0) is 14.3. The molecule has 0 radical (unpaired) electrons. The highest BCUT2D eigenvalue weighted by atomic mass is 16.5. The molecule has 1 saturated heterocycles. The summed E-state index contributed by atoms with van der Waals surface area (Å²) >= 11 is 0. The molecule has 1 rings (SSSR count). The molecule has 4 heteroatoms. The van der Waals surface area contributed by atoms with Gasteiger partial charge in [-0.3, -0.25) is 4.79 Å². The van der Waals surface area contributed by atoms with Crippen molar-refractivity contribution < 1.29 is 9.53 Å². The first-order valence-corrected chi connectivity index (χ1v) is 7.64. The summed E-state index contributed by atoms with van der Waals surface area (Å²) in [4.78, 5) is 12.1. The summed E-state index contributed by atoms with van der Waals surface area (Å²) in [6, 6.07) is 0. The van der Waals surface area contributed by atoms with Gasteiger partial charge in [-0.25, -0.2) is 0 Å². The second-order valence-corrected chi connectivity index (χ2v) is 6.00. The van der Waals surface area contributed by atoms with Crippen LogP contribution in [-0.4, -0.2) is 30.7 Å². The number of amides is 1. The van der Waals surface area contributed by atoms with Crippen LogP contribution in [0.1, 0.15) is 59.3 Å². The summed E-state index contributed by atoms with van der Waals surface area (Å²) in [7, 11) is 0. The summed E-state index contributed by atoms with van der Waals surface area (Å²) < 4.78 is 5.54. The van der Waals surface area contributed by atoms with Crippen LogP contribution < -0.4 is 11.1 Å². The molecule has 112 valence electrons. The second-order valence-electron chi connectivity index (χ2n) is 6.00. The van der Waals surface area contributed by atoms with Crippen LogP contribution in [0.4, 0.5) is 0 Å². The van der Waals surface area contributed by atoms with Crippen molar-refractivity contribution in [3.05, 3.63) is 0 Å². The van der Waals surface area contributed by atoms with Crippen LogP contribution in [0.25, 0.3) is 0 Å². The van der Waals surface area contributed by atoms with Crippen molar-refractivity contribution in [1.29, 1.82) is 0 Å². The van der Waals surface area contributed by atoms with Crippen LogP contribution in [0, 0.1) is 5.92 Å². The van der Waals surface area contributed by atoms with Gasteiger partial charge in [0.2, 0.25) is 5.91 Å². The van der Waals surface area contributed by atoms with Crippen LogP contribution in [0.15, 0.2) is 0 Å². The molecule has 3 N–H and O–H groups in total. The van der Waals surface area contributed by atoms with Gasteiger partial charge in [-0.15, -0.1) is 0 Å². The molecular weight excluding hydrogens is 240 g/mol. The molecule has 1 aliphatic rings. The molecule has 0 saturated carbocycles. The van der Waals surface area contributed by atoms with Gasteiger partial charge >= 0.3 is 0 Å². The van der Waals surface area contributed by atoms with E-state index in [1.807, 2.05) is 6.92 Å². The zero-order valence-electron chi connectivity index (χ0n) is 12.7. The van der Waals surface area contributed by atoms with Gasteiger partial charge in [-0.05, 0) is 45.6 Å². The zero-order valence-corrected chi connectivity index (χ0v) is 12.7. The molecule has 3 atom stereocenters. The molecule has 0 aromatic carbocycles. The predicted molar refractivity (Wildman–Crippen MR) is 77.9 cm³/mol. The van der Waals surface area contributed by atoms with E-state index in [9.17, 15) is 4.79 Å². The minimum absolute atomic E-state index is 0.104. The first-order valence-electron chi connectivity index (χ1n) is 7.64. The molecular formula is C15H30N2O2. The van der Waals surface area contributed by atoms with Crippen LogP contribution >= 0.6 is 0 Å². The van der Waals surface area contributed by atoms with E-state index in [4.69, 9.17) is 10.5 Å². The lowest BCUT2D eigenvalue weighted by Gasteiger charge is -2.29. The highest BCUT2D eigenvalue weighted by Gasteiger charge is 2.38. The molecule has 0 aliphatic carbocycles. The third kappa shape index (κ3) is 5.11. The third-order valence-electron chi connectivity index (χ3n) is 4.36. The van der Waals surface area contributed by atoms with E-state index < -0.39 is 0 Å². The molecule has 0 aromatic heterocycles. The lowest BCUT2D eigenvalue weighted by Crippen LogP contribution is -2.50. The van der Waals surface area contributed by atoms with E-state index in [2.05, 4.69) is 19.2 Å². The van der Waals surface area contributed by atoms with Gasteiger partial charge in [0.05, 0.1) is 11.6 Å². The number of carbonyl (C=O) groups is 1. The molecule has 1 heterocycles. The number of ether oxygens (including phenoxy) is 1. The van der Waals surface area contributed by atoms with Crippen LogP contribution in [-0.2, 0) is 9.53 Å². The van der Waals surface area contributed by atoms with Gasteiger partial charge in [-0.2, -0.15) is 0 Å². The van der Waals surface area contributed by atoms with Crippen molar-refractivity contribution in [2.75, 3.05) is 13.2 Å². The van der Waals surface area contributed by atoms with Crippen molar-refractivity contribution in [2.45, 2.75) is 70.9 Å². The fraction of sp³-hybridized carbons (Fsp3) is 0.933. The molecule has 3 unspecified atom stereocenters. The van der Waals surface area contributed by atoms with Crippen LogP contribution in [0.2, 0.25) is 0 Å². The number of nitrogens with two attached hydrogens (primary N) is 1. The van der Waals surface area contributed by atoms with Crippen molar-refractivity contribution in [2.24, 2.45) is 11.7 Å². The average Bonchev–Trinajstić information content (AvgIpc) is 2.67. The molecule has 19 heavy (non-hydrogen) atoms. The maximum absolute atomic E-state index is 12.1. The van der Waals surface area contributed by atoms with Crippen LogP contribution in [0.3, 0.4) is 0 Å². The molecule has 1 amide bonds. The Balaban J connectivity index is 2.34. The summed E-state index contributed by atoms with van der Waals surface area (Å²) in [5.41, 5.74) is 5.43.